The summed E-state index contributed by atoms with van der Waals surface area (Å²) in [6, 6.07) is 27.2. The van der Waals surface area contributed by atoms with Crippen molar-refractivity contribution in [3.8, 4) is 11.4 Å². The Kier molecular flexibility index (Phi) is 11.3. The number of benzene rings is 4. The number of fused-ring (bicyclic) bond motifs is 2. The normalized spacial score (nSPS) is 12.8. The number of ether oxygens (including phenoxy) is 1. The first-order valence-corrected chi connectivity index (χ1v) is 17.3. The van der Waals surface area contributed by atoms with Crippen molar-refractivity contribution < 1.29 is 14.6 Å². The molecule has 0 saturated heterocycles. The predicted molar refractivity (Wildman–Crippen MR) is 196 cm³/mol. The Morgan fingerprint density at radius 1 is 0.837 bits per heavy atom. The molecule has 10 heteroatoms. The van der Waals surface area contributed by atoms with E-state index in [0.717, 1.165) is 40.7 Å². The van der Waals surface area contributed by atoms with Gasteiger partial charge in [0.1, 0.15) is 33.5 Å². The average molecular weight is 681 g/mol. The summed E-state index contributed by atoms with van der Waals surface area (Å²) < 4.78 is 5.31. The number of phenols is 1. The maximum absolute atomic E-state index is 11.9. The summed E-state index contributed by atoms with van der Waals surface area (Å²) in [5.41, 5.74) is 6.34. The largest absolute Gasteiger partial charge is 0.505 e. The lowest BCUT2D eigenvalue weighted by Crippen LogP contribution is -2.20. The third-order valence-electron chi connectivity index (χ3n) is 8.71. The lowest BCUT2D eigenvalue weighted by Gasteiger charge is -2.24. The highest BCUT2D eigenvalue weighted by Gasteiger charge is 2.25. The highest BCUT2D eigenvalue weighted by Crippen LogP contribution is 2.39. The topological polar surface area (TPSA) is 108 Å². The minimum atomic E-state index is -0.504. The second kappa shape index (κ2) is 15.6. The summed E-state index contributed by atoms with van der Waals surface area (Å²) in [6.07, 6.45) is 3.93. The molecule has 2 unspecified atom stereocenters. The van der Waals surface area contributed by atoms with E-state index in [0.29, 0.717) is 39.8 Å². The van der Waals surface area contributed by atoms with E-state index in [4.69, 9.17) is 16.3 Å². The van der Waals surface area contributed by atoms with E-state index in [1.807, 2.05) is 54.6 Å². The summed E-state index contributed by atoms with van der Waals surface area (Å²) in [5, 5.41) is 29.1. The quantitative estimate of drug-likeness (QED) is 0.162. The van der Waals surface area contributed by atoms with E-state index in [-0.39, 0.29) is 17.1 Å². The first-order valence-electron chi connectivity index (χ1n) is 16.9. The highest BCUT2D eigenvalue weighted by atomic mass is 35.5. The summed E-state index contributed by atoms with van der Waals surface area (Å²) in [7, 11) is 0. The molecule has 0 bridgehead atoms. The summed E-state index contributed by atoms with van der Waals surface area (Å²) in [4.78, 5) is 14.5. The van der Waals surface area contributed by atoms with Gasteiger partial charge in [0, 0.05) is 16.5 Å². The number of aromatic nitrogens is 6. The molecule has 0 fully saturated rings. The standard InChI is InChI=1S/C24H24ClN3O.C15H21N3O2/c1-15(16-8-6-5-7-9-16)17-12-19(24(2,3)4)23(29)22(13-17)28-26-20-11-10-18(25)14-21(20)27-28;1-3-5-8-12(4-2)11-20-15(19)18-16-13-9-6-7-10-14(13)17-18/h5-15,29H,1-4H3;6-7,9-10,12H,3-5,8,11H2,1-2H3. The number of rotatable bonds is 9. The molecule has 6 aromatic rings. The van der Waals surface area contributed by atoms with E-state index < -0.39 is 6.09 Å². The zero-order valence-electron chi connectivity index (χ0n) is 29.1. The van der Waals surface area contributed by atoms with Gasteiger partial charge >= 0.3 is 6.09 Å². The number of halogens is 1. The van der Waals surface area contributed by atoms with Crippen LogP contribution in [0.25, 0.3) is 27.8 Å². The number of unbranched alkanes of at least 4 members (excludes halogenated alkanes) is 1. The van der Waals surface area contributed by atoms with Crippen molar-refractivity contribution >= 4 is 39.8 Å². The molecule has 0 radical (unpaired) electrons. The van der Waals surface area contributed by atoms with Crippen LogP contribution in [0.2, 0.25) is 5.02 Å². The van der Waals surface area contributed by atoms with Gasteiger partial charge in [0.15, 0.2) is 0 Å². The summed E-state index contributed by atoms with van der Waals surface area (Å²) in [6.45, 7) is 13.2. The van der Waals surface area contributed by atoms with E-state index in [1.54, 1.807) is 12.1 Å². The van der Waals surface area contributed by atoms with E-state index in [9.17, 15) is 9.90 Å². The summed E-state index contributed by atoms with van der Waals surface area (Å²) in [5.74, 6) is 0.785. The monoisotopic (exact) mass is 680 g/mol. The number of nitrogens with zero attached hydrogens (tertiary/aromatic N) is 6. The van der Waals surface area contributed by atoms with Gasteiger partial charge in [-0.1, -0.05) is 126 Å². The van der Waals surface area contributed by atoms with Crippen LogP contribution in [0, 0.1) is 5.92 Å². The fourth-order valence-electron chi connectivity index (χ4n) is 5.63. The van der Waals surface area contributed by atoms with Crippen LogP contribution in [0.5, 0.6) is 5.75 Å². The first-order chi connectivity index (χ1) is 23.5. The Morgan fingerprint density at radius 2 is 1.47 bits per heavy atom. The Morgan fingerprint density at radius 3 is 2.10 bits per heavy atom. The van der Waals surface area contributed by atoms with Crippen LogP contribution >= 0.6 is 11.6 Å². The van der Waals surface area contributed by atoms with Crippen LogP contribution in [-0.2, 0) is 10.2 Å². The molecule has 2 atom stereocenters. The second-order valence-corrected chi connectivity index (χ2v) is 13.8. The van der Waals surface area contributed by atoms with E-state index in [2.05, 4.69) is 80.1 Å². The zero-order valence-corrected chi connectivity index (χ0v) is 29.9. The Balaban J connectivity index is 0.000000205. The minimum Gasteiger partial charge on any atom is -0.505 e. The predicted octanol–water partition coefficient (Wildman–Crippen LogP) is 9.86. The number of carbonyl (C=O) groups excluding carboxylic acids is 1. The third-order valence-corrected chi connectivity index (χ3v) is 8.95. The minimum absolute atomic E-state index is 0.163. The van der Waals surface area contributed by atoms with Gasteiger partial charge in [-0.25, -0.2) is 4.79 Å². The van der Waals surface area contributed by atoms with Gasteiger partial charge in [0.05, 0.1) is 6.61 Å². The molecule has 0 aliphatic rings. The molecular weight excluding hydrogens is 636 g/mol. The molecule has 2 heterocycles. The number of phenolic OH excluding ortho intramolecular Hbond substituents is 1. The number of hydrogen-bond donors (Lipinski definition) is 1. The molecule has 0 aliphatic carbocycles. The van der Waals surface area contributed by atoms with Crippen LogP contribution in [0.3, 0.4) is 0 Å². The van der Waals surface area contributed by atoms with Crippen molar-refractivity contribution in [1.82, 2.24) is 30.0 Å². The smallest absolute Gasteiger partial charge is 0.452 e. The molecular formula is C39H45ClN6O3. The number of carbonyl (C=O) groups is 1. The number of aromatic hydroxyl groups is 1. The molecule has 6 rings (SSSR count). The van der Waals surface area contributed by atoms with Crippen molar-refractivity contribution in [2.24, 2.45) is 5.92 Å². The first kappa shape index (κ1) is 35.5. The molecule has 0 aliphatic heterocycles. The molecule has 2 aromatic heterocycles. The van der Waals surface area contributed by atoms with Crippen molar-refractivity contribution in [1.29, 1.82) is 0 Å². The molecule has 4 aromatic carbocycles. The molecule has 256 valence electrons. The van der Waals surface area contributed by atoms with Gasteiger partial charge in [0.2, 0.25) is 0 Å². The Hall–Kier alpha value is -4.76. The van der Waals surface area contributed by atoms with Crippen LogP contribution in [0.4, 0.5) is 4.79 Å². The lowest BCUT2D eigenvalue weighted by atomic mass is 9.82. The fourth-order valence-corrected chi connectivity index (χ4v) is 5.80. The molecule has 9 nitrogen and oxygen atoms in total. The Bertz CT molecular complexity index is 1980. The van der Waals surface area contributed by atoms with Gasteiger partial charge < -0.3 is 9.84 Å². The van der Waals surface area contributed by atoms with Crippen molar-refractivity contribution in [3.63, 3.8) is 0 Å². The lowest BCUT2D eigenvalue weighted by molar-refractivity contribution is 0.118. The van der Waals surface area contributed by atoms with Gasteiger partial charge in [-0.3, -0.25) is 0 Å². The zero-order chi connectivity index (χ0) is 35.1. The molecule has 49 heavy (non-hydrogen) atoms. The van der Waals surface area contributed by atoms with Gasteiger partial charge in [-0.05, 0) is 65.3 Å². The number of hydrogen-bond acceptors (Lipinski definition) is 7. The molecule has 0 spiro atoms. The van der Waals surface area contributed by atoms with Crippen LogP contribution in [0.15, 0.2) is 84.9 Å². The van der Waals surface area contributed by atoms with Gasteiger partial charge in [0.25, 0.3) is 0 Å². The SMILES string of the molecule is CC(c1ccccc1)c1cc(-n2nc3ccc(Cl)cc3n2)c(O)c(C(C)(C)C)c1.CCCCC(CC)COC(=O)n1nc2ccccc2n1. The summed E-state index contributed by atoms with van der Waals surface area (Å²) >= 11 is 6.10. The molecule has 0 amide bonds. The fraction of sp³-hybridized carbons (Fsp3) is 0.359. The van der Waals surface area contributed by atoms with Crippen molar-refractivity contribution in [2.75, 3.05) is 6.61 Å². The average Bonchev–Trinajstić information content (AvgIpc) is 3.72. The third kappa shape index (κ3) is 8.64. The van der Waals surface area contributed by atoms with E-state index >= 15 is 0 Å². The van der Waals surface area contributed by atoms with Gasteiger partial charge in [-0.2, -0.15) is 0 Å². The van der Waals surface area contributed by atoms with Crippen molar-refractivity contribution in [2.45, 2.75) is 78.6 Å². The van der Waals surface area contributed by atoms with Crippen molar-refractivity contribution in [3.05, 3.63) is 107 Å². The maximum Gasteiger partial charge on any atom is 0.452 e. The highest BCUT2D eigenvalue weighted by molar-refractivity contribution is 6.31. The molecule has 0 saturated carbocycles. The molecule has 1 N–H and O–H groups in total. The maximum atomic E-state index is 11.9. The van der Waals surface area contributed by atoms with Crippen LogP contribution in [0.1, 0.15) is 89.8 Å². The van der Waals surface area contributed by atoms with Gasteiger partial charge in [-0.15, -0.1) is 25.2 Å². The van der Waals surface area contributed by atoms with E-state index in [1.165, 1.54) is 16.8 Å². The van der Waals surface area contributed by atoms with Crippen LogP contribution in [-0.4, -0.2) is 47.8 Å². The van der Waals surface area contributed by atoms with Crippen LogP contribution < -0.4 is 0 Å². The second-order valence-electron chi connectivity index (χ2n) is 13.4. The Labute approximate surface area is 292 Å².